The maximum atomic E-state index is 11.0. The molecule has 0 rings (SSSR count). The van der Waals surface area contributed by atoms with E-state index >= 15 is 0 Å². The van der Waals surface area contributed by atoms with Gasteiger partial charge in [0.15, 0.2) is 0 Å². The summed E-state index contributed by atoms with van der Waals surface area (Å²) < 4.78 is 22.0. The maximum Gasteiger partial charge on any atom is 0.303 e. The number of hydrogen-bond donors (Lipinski definition) is 1. The van der Waals surface area contributed by atoms with E-state index in [2.05, 4.69) is 0 Å². The van der Waals surface area contributed by atoms with Crippen LogP contribution in [0, 0.1) is 0 Å². The van der Waals surface area contributed by atoms with Gasteiger partial charge in [0.05, 0.1) is 5.75 Å². The highest BCUT2D eigenvalue weighted by Crippen LogP contribution is 2.02. The second-order valence-corrected chi connectivity index (χ2v) is 6.52. The summed E-state index contributed by atoms with van der Waals surface area (Å²) in [5.74, 6) is -0.690. The third-order valence-electron chi connectivity index (χ3n) is 2.32. The Morgan fingerprint density at radius 2 is 1.88 bits per heavy atom. The Bertz CT molecular complexity index is 311. The van der Waals surface area contributed by atoms with Gasteiger partial charge in [-0.05, 0) is 26.8 Å². The van der Waals surface area contributed by atoms with Crippen LogP contribution in [-0.4, -0.2) is 55.5 Å². The van der Waals surface area contributed by atoms with E-state index in [4.69, 9.17) is 5.11 Å². The minimum absolute atomic E-state index is 0.123. The molecule has 0 fully saturated rings. The monoisotopic (exact) mass is 251 g/mol. The normalized spacial score (nSPS) is 12.3. The molecule has 0 aliphatic carbocycles. The van der Waals surface area contributed by atoms with Crippen LogP contribution >= 0.6 is 0 Å². The lowest BCUT2D eigenvalue weighted by Crippen LogP contribution is -2.36. The number of carboxylic acids is 1. The fraction of sp³-hybridized carbons (Fsp3) is 0.900. The number of carboxylic acid groups (broad SMARTS) is 1. The third-order valence-corrected chi connectivity index (χ3v) is 3.24. The van der Waals surface area contributed by atoms with Crippen molar-refractivity contribution >= 4 is 15.8 Å². The maximum absolute atomic E-state index is 11.0. The fourth-order valence-electron chi connectivity index (χ4n) is 1.34. The molecule has 5 nitrogen and oxygen atoms in total. The molecule has 0 heterocycles. The summed E-state index contributed by atoms with van der Waals surface area (Å²) in [5.41, 5.74) is 0. The average molecular weight is 251 g/mol. The number of hydrogen-bond acceptors (Lipinski definition) is 4. The first-order valence-electron chi connectivity index (χ1n) is 5.36. The Morgan fingerprint density at radius 1 is 1.31 bits per heavy atom. The Balaban J connectivity index is 4.03. The van der Waals surface area contributed by atoms with Gasteiger partial charge >= 0.3 is 5.97 Å². The van der Waals surface area contributed by atoms with E-state index in [0.717, 1.165) is 0 Å². The standard InChI is InChI=1S/C10H21NO4S/c1-9(2)11(6-4-5-10(12)13)7-8-16(3,14)15/h9H,4-8H2,1-3H3,(H,12,13). The molecule has 6 heteroatoms. The smallest absolute Gasteiger partial charge is 0.303 e. The molecule has 0 aliphatic heterocycles. The van der Waals surface area contributed by atoms with Gasteiger partial charge in [0, 0.05) is 25.3 Å². The Morgan fingerprint density at radius 3 is 2.25 bits per heavy atom. The SMILES string of the molecule is CC(C)N(CCCC(=O)O)CCS(C)(=O)=O. The quantitative estimate of drug-likeness (QED) is 0.684. The van der Waals surface area contributed by atoms with Crippen molar-refractivity contribution in [1.82, 2.24) is 4.90 Å². The van der Waals surface area contributed by atoms with Crippen LogP contribution in [-0.2, 0) is 14.6 Å². The van der Waals surface area contributed by atoms with Crippen molar-refractivity contribution in [1.29, 1.82) is 0 Å². The van der Waals surface area contributed by atoms with Crippen molar-refractivity contribution in [3.05, 3.63) is 0 Å². The number of nitrogens with zero attached hydrogens (tertiary/aromatic N) is 1. The lowest BCUT2D eigenvalue weighted by molar-refractivity contribution is -0.137. The Labute approximate surface area is 97.4 Å². The molecule has 0 saturated carbocycles. The molecule has 0 spiro atoms. The van der Waals surface area contributed by atoms with Gasteiger partial charge in [-0.2, -0.15) is 0 Å². The van der Waals surface area contributed by atoms with Crippen LogP contribution in [0.3, 0.4) is 0 Å². The van der Waals surface area contributed by atoms with Crippen LogP contribution in [0.25, 0.3) is 0 Å². The van der Waals surface area contributed by atoms with Gasteiger partial charge in [-0.1, -0.05) is 0 Å². The Hall–Kier alpha value is -0.620. The molecular formula is C10H21NO4S. The molecule has 0 aromatic rings. The predicted molar refractivity (Wildman–Crippen MR) is 63.3 cm³/mol. The molecule has 0 atom stereocenters. The number of aliphatic carboxylic acids is 1. The number of carbonyl (C=O) groups is 1. The molecule has 16 heavy (non-hydrogen) atoms. The first-order valence-corrected chi connectivity index (χ1v) is 7.42. The van der Waals surface area contributed by atoms with Crippen molar-refractivity contribution in [2.45, 2.75) is 32.7 Å². The van der Waals surface area contributed by atoms with Crippen LogP contribution in [0.4, 0.5) is 0 Å². The van der Waals surface area contributed by atoms with E-state index in [0.29, 0.717) is 19.5 Å². The fourth-order valence-corrected chi connectivity index (χ4v) is 1.91. The van der Waals surface area contributed by atoms with E-state index in [1.54, 1.807) is 0 Å². The molecular weight excluding hydrogens is 230 g/mol. The molecule has 0 aromatic heterocycles. The van der Waals surface area contributed by atoms with E-state index in [9.17, 15) is 13.2 Å². The molecule has 0 bridgehead atoms. The van der Waals surface area contributed by atoms with E-state index in [1.807, 2.05) is 18.7 Å². The molecule has 0 saturated heterocycles. The highest BCUT2D eigenvalue weighted by molar-refractivity contribution is 7.90. The molecule has 0 amide bonds. The highest BCUT2D eigenvalue weighted by Gasteiger charge is 2.12. The highest BCUT2D eigenvalue weighted by atomic mass is 32.2. The minimum atomic E-state index is -2.95. The van der Waals surface area contributed by atoms with Crippen LogP contribution in [0.5, 0.6) is 0 Å². The Kier molecular flexibility index (Phi) is 6.59. The zero-order valence-electron chi connectivity index (χ0n) is 10.1. The van der Waals surface area contributed by atoms with Crippen molar-refractivity contribution in [3.8, 4) is 0 Å². The molecule has 0 unspecified atom stereocenters. The van der Waals surface area contributed by atoms with E-state index < -0.39 is 15.8 Å². The van der Waals surface area contributed by atoms with Gasteiger partial charge in [0.1, 0.15) is 9.84 Å². The average Bonchev–Trinajstić information content (AvgIpc) is 2.07. The van der Waals surface area contributed by atoms with Gasteiger partial charge in [-0.3, -0.25) is 9.69 Å². The number of rotatable bonds is 8. The summed E-state index contributed by atoms with van der Waals surface area (Å²) >= 11 is 0. The van der Waals surface area contributed by atoms with Crippen LogP contribution in [0.15, 0.2) is 0 Å². The minimum Gasteiger partial charge on any atom is -0.481 e. The molecule has 0 aliphatic rings. The lowest BCUT2D eigenvalue weighted by atomic mass is 10.2. The summed E-state index contributed by atoms with van der Waals surface area (Å²) in [6, 6.07) is 0.232. The van der Waals surface area contributed by atoms with Crippen molar-refractivity contribution < 1.29 is 18.3 Å². The van der Waals surface area contributed by atoms with Gasteiger partial charge in [0.25, 0.3) is 0 Å². The van der Waals surface area contributed by atoms with Crippen LogP contribution in [0.1, 0.15) is 26.7 Å². The summed E-state index contributed by atoms with van der Waals surface area (Å²) in [4.78, 5) is 12.3. The lowest BCUT2D eigenvalue weighted by Gasteiger charge is -2.25. The summed E-state index contributed by atoms with van der Waals surface area (Å²) in [6.07, 6.45) is 1.89. The van der Waals surface area contributed by atoms with Crippen LogP contribution < -0.4 is 0 Å². The second kappa shape index (κ2) is 6.85. The molecule has 96 valence electrons. The van der Waals surface area contributed by atoms with E-state index in [-0.39, 0.29) is 18.2 Å². The molecule has 0 aromatic carbocycles. The topological polar surface area (TPSA) is 74.7 Å². The van der Waals surface area contributed by atoms with Gasteiger partial charge in [-0.25, -0.2) is 8.42 Å². The van der Waals surface area contributed by atoms with Crippen molar-refractivity contribution in [2.24, 2.45) is 0 Å². The number of sulfone groups is 1. The van der Waals surface area contributed by atoms with Crippen molar-refractivity contribution in [2.75, 3.05) is 25.1 Å². The summed E-state index contributed by atoms with van der Waals surface area (Å²) in [6.45, 7) is 5.04. The van der Waals surface area contributed by atoms with Gasteiger partial charge in [-0.15, -0.1) is 0 Å². The van der Waals surface area contributed by atoms with Crippen LogP contribution in [0.2, 0.25) is 0 Å². The van der Waals surface area contributed by atoms with E-state index in [1.165, 1.54) is 6.26 Å². The molecule has 0 radical (unpaired) electrons. The van der Waals surface area contributed by atoms with Gasteiger partial charge < -0.3 is 5.11 Å². The zero-order chi connectivity index (χ0) is 12.8. The predicted octanol–water partition coefficient (Wildman–Crippen LogP) is 0.606. The third kappa shape index (κ3) is 8.67. The largest absolute Gasteiger partial charge is 0.481 e. The first-order chi connectivity index (χ1) is 7.22. The summed E-state index contributed by atoms with van der Waals surface area (Å²) in [5, 5.41) is 8.51. The second-order valence-electron chi connectivity index (χ2n) is 4.26. The molecule has 1 N–H and O–H groups in total. The summed E-state index contributed by atoms with van der Waals surface area (Å²) in [7, 11) is -2.95. The first kappa shape index (κ1) is 15.4. The van der Waals surface area contributed by atoms with Gasteiger partial charge in [0.2, 0.25) is 0 Å². The van der Waals surface area contributed by atoms with Crippen molar-refractivity contribution in [3.63, 3.8) is 0 Å². The zero-order valence-corrected chi connectivity index (χ0v) is 11.0.